The number of hydrogen-bond donors (Lipinski definition) is 0. The smallest absolute Gasteiger partial charge is 0.330 e. The number of methoxy groups -OCH3 is 2. The number of likely N-dealkylation sites (N-methyl/N-ethyl adjacent to an activating group) is 4. The fraction of sp³-hybridized carbons (Fsp3) is 0.727. The minimum atomic E-state index is -1.76. The summed E-state index contributed by atoms with van der Waals surface area (Å²) in [7, 11) is 8.28. The van der Waals surface area contributed by atoms with Crippen molar-refractivity contribution in [2.24, 2.45) is 0 Å². The zero-order valence-corrected chi connectivity index (χ0v) is 12.3. The Bertz CT molecular complexity index is 497. The molecule has 2 fully saturated rings. The summed E-state index contributed by atoms with van der Waals surface area (Å²) in [6.07, 6.45) is 0. The molecule has 0 bridgehead atoms. The Balaban J connectivity index is 2.80. The Morgan fingerprint density at radius 1 is 0.800 bits per heavy atom. The molecule has 2 rings (SSSR count). The van der Waals surface area contributed by atoms with Crippen LogP contribution in [0.25, 0.3) is 0 Å². The normalized spacial score (nSPS) is 34.2. The van der Waals surface area contributed by atoms with E-state index in [0.29, 0.717) is 0 Å². The van der Waals surface area contributed by atoms with Gasteiger partial charge in [-0.1, -0.05) is 0 Å². The molecule has 9 nitrogen and oxygen atoms in total. The molecule has 0 N–H and O–H groups in total. The highest BCUT2D eigenvalue weighted by Gasteiger charge is 2.78. The van der Waals surface area contributed by atoms with Gasteiger partial charge in [0, 0.05) is 42.4 Å². The summed E-state index contributed by atoms with van der Waals surface area (Å²) in [4.78, 5) is 41.5. The predicted molar refractivity (Wildman–Crippen MR) is 66.3 cm³/mol. The summed E-state index contributed by atoms with van der Waals surface area (Å²) >= 11 is 0. The van der Waals surface area contributed by atoms with Crippen LogP contribution < -0.4 is 0 Å². The van der Waals surface area contributed by atoms with E-state index < -0.39 is 29.5 Å². The molecule has 2 unspecified atom stereocenters. The second-order valence-electron chi connectivity index (χ2n) is 4.77. The third kappa shape index (κ3) is 1.13. The Hall–Kier alpha value is -1.87. The van der Waals surface area contributed by atoms with E-state index in [-0.39, 0.29) is 0 Å². The minimum absolute atomic E-state index is 0.489. The van der Waals surface area contributed by atoms with Gasteiger partial charge in [-0.25, -0.2) is 9.59 Å². The highest BCUT2D eigenvalue weighted by Crippen LogP contribution is 2.47. The maximum Gasteiger partial charge on any atom is 0.330 e. The number of nitrogens with zero attached hydrogens (tertiary/aromatic N) is 4. The standard InChI is InChI=1S/C11H18N4O5/c1-12-7(16)10(19-5)11(20-6,14(3)8(12)17)15(4)9(18)13(10)2/h1-6H3. The Kier molecular flexibility index (Phi) is 2.95. The van der Waals surface area contributed by atoms with E-state index in [1.165, 1.54) is 52.2 Å². The summed E-state index contributed by atoms with van der Waals surface area (Å²) in [5, 5.41) is 0. The highest BCUT2D eigenvalue weighted by molar-refractivity contribution is 6.06. The Labute approximate surface area is 116 Å². The molecule has 0 aliphatic carbocycles. The number of imide groups is 1. The van der Waals surface area contributed by atoms with Gasteiger partial charge in [-0.15, -0.1) is 0 Å². The van der Waals surface area contributed by atoms with E-state index in [4.69, 9.17) is 9.47 Å². The van der Waals surface area contributed by atoms with Crippen molar-refractivity contribution >= 4 is 18.0 Å². The fourth-order valence-corrected chi connectivity index (χ4v) is 3.11. The Morgan fingerprint density at radius 2 is 1.30 bits per heavy atom. The number of carbonyl (C=O) groups excluding carboxylic acids is 3. The Morgan fingerprint density at radius 3 is 1.75 bits per heavy atom. The van der Waals surface area contributed by atoms with Crippen molar-refractivity contribution in [2.45, 2.75) is 11.6 Å². The number of ether oxygens (including phenoxy) is 2. The summed E-state index contributed by atoms with van der Waals surface area (Å²) in [5.74, 6) is -2.32. The van der Waals surface area contributed by atoms with Crippen LogP contribution in [0, 0.1) is 0 Å². The lowest BCUT2D eigenvalue weighted by Crippen LogP contribution is -2.81. The van der Waals surface area contributed by atoms with Gasteiger partial charge in [-0.05, 0) is 0 Å². The maximum absolute atomic E-state index is 12.6. The fourth-order valence-electron chi connectivity index (χ4n) is 3.11. The van der Waals surface area contributed by atoms with Crippen LogP contribution in [-0.2, 0) is 14.3 Å². The average molecular weight is 286 g/mol. The molecule has 2 saturated heterocycles. The van der Waals surface area contributed by atoms with Gasteiger partial charge < -0.3 is 9.47 Å². The molecule has 2 aliphatic heterocycles. The van der Waals surface area contributed by atoms with Crippen LogP contribution in [-0.4, -0.2) is 91.6 Å². The highest BCUT2D eigenvalue weighted by atomic mass is 16.6. The van der Waals surface area contributed by atoms with Gasteiger partial charge in [-0.2, -0.15) is 0 Å². The first-order valence-electron chi connectivity index (χ1n) is 5.91. The lowest BCUT2D eigenvalue weighted by molar-refractivity contribution is -0.297. The van der Waals surface area contributed by atoms with Gasteiger partial charge in [0.2, 0.25) is 0 Å². The molecule has 0 aromatic rings. The van der Waals surface area contributed by atoms with Crippen LogP contribution in [0.1, 0.15) is 0 Å². The zero-order valence-electron chi connectivity index (χ0n) is 12.3. The van der Waals surface area contributed by atoms with Gasteiger partial charge in [0.15, 0.2) is 0 Å². The van der Waals surface area contributed by atoms with E-state index in [9.17, 15) is 14.4 Å². The van der Waals surface area contributed by atoms with Crippen LogP contribution in [0.15, 0.2) is 0 Å². The van der Waals surface area contributed by atoms with Crippen molar-refractivity contribution in [3.63, 3.8) is 0 Å². The van der Waals surface area contributed by atoms with Crippen LogP contribution >= 0.6 is 0 Å². The van der Waals surface area contributed by atoms with Gasteiger partial charge in [0.1, 0.15) is 0 Å². The molecule has 0 radical (unpaired) electrons. The third-order valence-electron chi connectivity index (χ3n) is 4.15. The van der Waals surface area contributed by atoms with Gasteiger partial charge in [0.25, 0.3) is 17.5 Å². The lowest BCUT2D eigenvalue weighted by atomic mass is 10.0. The quantitative estimate of drug-likeness (QED) is 0.660. The van der Waals surface area contributed by atoms with E-state index in [1.54, 1.807) is 0 Å². The number of urea groups is 2. The predicted octanol–water partition coefficient (Wildman–Crippen LogP) is -0.850. The summed E-state index contributed by atoms with van der Waals surface area (Å²) in [6.45, 7) is 0. The van der Waals surface area contributed by atoms with Crippen molar-refractivity contribution in [1.29, 1.82) is 0 Å². The van der Waals surface area contributed by atoms with Crippen LogP contribution in [0.2, 0.25) is 0 Å². The van der Waals surface area contributed by atoms with Crippen molar-refractivity contribution in [3.8, 4) is 0 Å². The van der Waals surface area contributed by atoms with Crippen molar-refractivity contribution < 1.29 is 23.9 Å². The number of hydrogen-bond acceptors (Lipinski definition) is 5. The second kappa shape index (κ2) is 4.06. The maximum atomic E-state index is 12.6. The average Bonchev–Trinajstić information content (AvgIpc) is 2.62. The first kappa shape index (κ1) is 14.5. The molecule has 2 atom stereocenters. The van der Waals surface area contributed by atoms with E-state index in [1.807, 2.05) is 0 Å². The van der Waals surface area contributed by atoms with Crippen molar-refractivity contribution in [3.05, 3.63) is 0 Å². The first-order valence-corrected chi connectivity index (χ1v) is 5.91. The molecule has 0 spiro atoms. The SMILES string of the molecule is COC12C(=O)N(C)C(=O)N(C)C1(OC)N(C)C(=O)N2C. The molecule has 0 aromatic heterocycles. The zero-order chi connectivity index (χ0) is 15.5. The third-order valence-corrected chi connectivity index (χ3v) is 4.15. The minimum Gasteiger partial charge on any atom is -0.345 e. The molecule has 5 amide bonds. The molecule has 20 heavy (non-hydrogen) atoms. The molecule has 0 saturated carbocycles. The van der Waals surface area contributed by atoms with E-state index in [2.05, 4.69) is 0 Å². The number of amides is 5. The molecule has 2 heterocycles. The van der Waals surface area contributed by atoms with Crippen LogP contribution in [0.5, 0.6) is 0 Å². The molecular weight excluding hydrogens is 268 g/mol. The van der Waals surface area contributed by atoms with Crippen molar-refractivity contribution in [1.82, 2.24) is 19.6 Å². The summed E-state index contributed by atoms with van der Waals surface area (Å²) in [6, 6.07) is -1.07. The monoisotopic (exact) mass is 286 g/mol. The van der Waals surface area contributed by atoms with Gasteiger partial charge in [0.05, 0.1) is 0 Å². The number of rotatable bonds is 2. The van der Waals surface area contributed by atoms with E-state index in [0.717, 1.165) is 9.80 Å². The number of carbonyl (C=O) groups is 3. The van der Waals surface area contributed by atoms with Crippen molar-refractivity contribution in [2.75, 3.05) is 42.4 Å². The molecule has 2 aliphatic rings. The first-order chi connectivity index (χ1) is 9.23. The molecular formula is C11H18N4O5. The van der Waals surface area contributed by atoms with Gasteiger partial charge >= 0.3 is 12.1 Å². The van der Waals surface area contributed by atoms with Gasteiger partial charge in [-0.3, -0.25) is 24.4 Å². The lowest BCUT2D eigenvalue weighted by Gasteiger charge is -2.53. The molecule has 9 heteroatoms. The largest absolute Gasteiger partial charge is 0.345 e. The number of fused-ring (bicyclic) bond motifs is 1. The molecule has 112 valence electrons. The summed E-state index contributed by atoms with van der Waals surface area (Å²) in [5.41, 5.74) is -1.76. The van der Waals surface area contributed by atoms with E-state index >= 15 is 0 Å². The van der Waals surface area contributed by atoms with Crippen LogP contribution in [0.4, 0.5) is 9.59 Å². The topological polar surface area (TPSA) is 82.6 Å². The second-order valence-corrected chi connectivity index (χ2v) is 4.77. The van der Waals surface area contributed by atoms with Crippen LogP contribution in [0.3, 0.4) is 0 Å². The summed E-state index contributed by atoms with van der Waals surface area (Å²) < 4.78 is 10.9. The molecule has 0 aromatic carbocycles.